The van der Waals surface area contributed by atoms with Crippen molar-refractivity contribution >= 4 is 22.8 Å². The van der Waals surface area contributed by atoms with Crippen LogP contribution in [0.15, 0.2) is 41.5 Å². The summed E-state index contributed by atoms with van der Waals surface area (Å²) >= 11 is 0. The maximum atomic E-state index is 12.9. The molecule has 3 aromatic heterocycles. The summed E-state index contributed by atoms with van der Waals surface area (Å²) in [6.45, 7) is 5.21. The summed E-state index contributed by atoms with van der Waals surface area (Å²) in [4.78, 5) is 35.9. The summed E-state index contributed by atoms with van der Waals surface area (Å²) in [5.74, 6) is -0.0675. The summed E-state index contributed by atoms with van der Waals surface area (Å²) in [5, 5.41) is 3.26. The molecule has 1 unspecified atom stereocenters. The van der Waals surface area contributed by atoms with Crippen LogP contribution in [0, 0.1) is 6.92 Å². The van der Waals surface area contributed by atoms with E-state index in [1.165, 1.54) is 12.3 Å². The Morgan fingerprint density at radius 2 is 2.03 bits per heavy atom. The Morgan fingerprint density at radius 1 is 1.25 bits per heavy atom. The minimum Gasteiger partial charge on any atom is -0.354 e. The first-order valence-corrected chi connectivity index (χ1v) is 10.3. The van der Waals surface area contributed by atoms with Crippen molar-refractivity contribution in [1.82, 2.24) is 19.9 Å². The van der Waals surface area contributed by atoms with E-state index in [2.05, 4.69) is 15.3 Å². The number of carbonyl (C=O) groups is 1. The van der Waals surface area contributed by atoms with Crippen molar-refractivity contribution in [3.8, 4) is 0 Å². The fourth-order valence-corrected chi connectivity index (χ4v) is 3.85. The summed E-state index contributed by atoms with van der Waals surface area (Å²) in [6, 6.07) is 5.47. The molecule has 0 aromatic carbocycles. The van der Waals surface area contributed by atoms with Crippen molar-refractivity contribution in [2.75, 3.05) is 18.0 Å². The van der Waals surface area contributed by atoms with Crippen LogP contribution in [0.2, 0.25) is 0 Å². The average Bonchev–Trinajstić information content (AvgIpc) is 3.22. The Labute approximate surface area is 181 Å². The van der Waals surface area contributed by atoms with Crippen molar-refractivity contribution < 1.29 is 18.0 Å². The number of hydrogen-bond donors (Lipinski definition) is 1. The van der Waals surface area contributed by atoms with E-state index in [9.17, 15) is 22.8 Å². The molecule has 4 rings (SSSR count). The van der Waals surface area contributed by atoms with Gasteiger partial charge in [-0.1, -0.05) is 0 Å². The number of fused-ring (bicyclic) bond motifs is 1. The predicted octanol–water partition coefficient (Wildman–Crippen LogP) is 3.15. The van der Waals surface area contributed by atoms with Crippen molar-refractivity contribution in [2.24, 2.45) is 0 Å². The van der Waals surface area contributed by atoms with E-state index in [4.69, 9.17) is 0 Å². The van der Waals surface area contributed by atoms with E-state index in [-0.39, 0.29) is 17.0 Å². The highest BCUT2D eigenvalue weighted by Crippen LogP contribution is 2.30. The van der Waals surface area contributed by atoms with Gasteiger partial charge < -0.3 is 14.8 Å². The van der Waals surface area contributed by atoms with Crippen LogP contribution in [0.3, 0.4) is 0 Å². The van der Waals surface area contributed by atoms with Crippen LogP contribution in [0.1, 0.15) is 35.0 Å². The molecular weight excluding hydrogens is 423 g/mol. The topological polar surface area (TPSA) is 80.1 Å². The molecule has 1 saturated heterocycles. The lowest BCUT2D eigenvalue weighted by Gasteiger charge is -2.19. The molecule has 1 amide bonds. The third-order valence-corrected chi connectivity index (χ3v) is 5.57. The minimum absolute atomic E-state index is 0.0381. The molecule has 10 heteroatoms. The van der Waals surface area contributed by atoms with Gasteiger partial charge in [0.1, 0.15) is 17.0 Å². The number of nitrogens with one attached hydrogen (secondary N) is 1. The summed E-state index contributed by atoms with van der Waals surface area (Å²) in [5.41, 5.74) is 0.164. The fourth-order valence-electron chi connectivity index (χ4n) is 3.85. The van der Waals surface area contributed by atoms with Crippen LogP contribution in [0.4, 0.5) is 19.0 Å². The van der Waals surface area contributed by atoms with E-state index < -0.39 is 17.6 Å². The van der Waals surface area contributed by atoms with Crippen LogP contribution in [-0.4, -0.2) is 39.6 Å². The second-order valence-corrected chi connectivity index (χ2v) is 7.79. The van der Waals surface area contributed by atoms with Gasteiger partial charge in [0.05, 0.1) is 10.9 Å². The Hall–Kier alpha value is -3.43. The van der Waals surface area contributed by atoms with Gasteiger partial charge in [0, 0.05) is 43.8 Å². The molecule has 0 spiro atoms. The van der Waals surface area contributed by atoms with Gasteiger partial charge in [-0.2, -0.15) is 13.2 Å². The average molecular weight is 445 g/mol. The smallest absolute Gasteiger partial charge is 0.354 e. The van der Waals surface area contributed by atoms with Gasteiger partial charge in [-0.05, 0) is 44.5 Å². The first kappa shape index (κ1) is 21.8. The number of nitrogens with zero attached hydrogens (tertiary/aromatic N) is 4. The number of hydrogen-bond acceptors (Lipinski definition) is 5. The van der Waals surface area contributed by atoms with Gasteiger partial charge in [0.2, 0.25) is 5.43 Å². The molecule has 32 heavy (non-hydrogen) atoms. The van der Waals surface area contributed by atoms with Crippen molar-refractivity contribution in [3.63, 3.8) is 0 Å². The molecule has 1 aliphatic rings. The van der Waals surface area contributed by atoms with Crippen molar-refractivity contribution in [1.29, 1.82) is 0 Å². The van der Waals surface area contributed by atoms with E-state index in [1.807, 2.05) is 18.7 Å². The second kappa shape index (κ2) is 8.25. The van der Waals surface area contributed by atoms with Crippen molar-refractivity contribution in [3.05, 3.63) is 63.7 Å². The number of alkyl halides is 3. The van der Waals surface area contributed by atoms with Crippen LogP contribution in [0.5, 0.6) is 0 Å². The molecule has 168 valence electrons. The molecule has 1 N–H and O–H groups in total. The molecule has 0 aliphatic carbocycles. The normalized spacial score (nSPS) is 16.5. The molecule has 0 radical (unpaired) electrons. The monoisotopic (exact) mass is 445 g/mol. The van der Waals surface area contributed by atoms with Crippen molar-refractivity contribution in [2.45, 2.75) is 39.0 Å². The number of anilines is 1. The van der Waals surface area contributed by atoms with Crippen LogP contribution < -0.4 is 15.6 Å². The Morgan fingerprint density at radius 3 is 2.69 bits per heavy atom. The number of aromatic nitrogens is 3. The van der Waals surface area contributed by atoms with E-state index in [0.29, 0.717) is 42.9 Å². The zero-order valence-corrected chi connectivity index (χ0v) is 17.6. The summed E-state index contributed by atoms with van der Waals surface area (Å²) in [7, 11) is 0. The quantitative estimate of drug-likeness (QED) is 0.668. The Balaban J connectivity index is 1.50. The number of aryl methyl sites for hydroxylation is 2. The number of halogens is 3. The Kier molecular flexibility index (Phi) is 5.62. The van der Waals surface area contributed by atoms with Crippen LogP contribution in [-0.2, 0) is 12.7 Å². The lowest BCUT2D eigenvalue weighted by molar-refractivity contribution is -0.137. The van der Waals surface area contributed by atoms with E-state index in [1.54, 1.807) is 16.7 Å². The standard InChI is InChI=1S/C22H22F3N5O2/c1-3-29-12-17(19(31)16-6-4-13(2)27-20(16)29)21(32)28-15-8-9-30(11-15)18-7-5-14(10-26-18)22(23,24)25/h4-7,10,12,15H,3,8-9,11H2,1-2H3,(H,28,32). The third-order valence-electron chi connectivity index (χ3n) is 5.57. The molecule has 0 saturated carbocycles. The van der Waals surface area contributed by atoms with Gasteiger partial charge in [0.25, 0.3) is 5.91 Å². The number of rotatable bonds is 4. The number of amides is 1. The largest absolute Gasteiger partial charge is 0.417 e. The molecular formula is C22H22F3N5O2. The zero-order valence-electron chi connectivity index (χ0n) is 17.6. The fraction of sp³-hybridized carbons (Fsp3) is 0.364. The molecule has 4 heterocycles. The third kappa shape index (κ3) is 4.17. The van der Waals surface area contributed by atoms with Gasteiger partial charge in [-0.15, -0.1) is 0 Å². The number of pyridine rings is 3. The summed E-state index contributed by atoms with van der Waals surface area (Å²) in [6.07, 6.45) is -1.52. The highest BCUT2D eigenvalue weighted by atomic mass is 19.4. The molecule has 1 atom stereocenters. The molecule has 1 fully saturated rings. The number of carbonyl (C=O) groups excluding carboxylic acids is 1. The van der Waals surface area contributed by atoms with Crippen LogP contribution >= 0.6 is 0 Å². The lowest BCUT2D eigenvalue weighted by atomic mass is 10.1. The SMILES string of the molecule is CCn1cc(C(=O)NC2CCN(c3ccc(C(F)(F)F)cn3)C2)c(=O)c2ccc(C)nc21. The molecule has 3 aromatic rings. The maximum Gasteiger partial charge on any atom is 0.417 e. The highest BCUT2D eigenvalue weighted by molar-refractivity contribution is 5.97. The minimum atomic E-state index is -4.44. The highest BCUT2D eigenvalue weighted by Gasteiger charge is 2.32. The first-order valence-electron chi connectivity index (χ1n) is 10.3. The first-order chi connectivity index (χ1) is 15.2. The van der Waals surface area contributed by atoms with Gasteiger partial charge in [0.15, 0.2) is 0 Å². The van der Waals surface area contributed by atoms with E-state index >= 15 is 0 Å². The second-order valence-electron chi connectivity index (χ2n) is 7.79. The van der Waals surface area contributed by atoms with E-state index in [0.717, 1.165) is 18.0 Å². The molecule has 7 nitrogen and oxygen atoms in total. The molecule has 1 aliphatic heterocycles. The Bertz CT molecular complexity index is 1220. The van der Waals surface area contributed by atoms with Gasteiger partial charge >= 0.3 is 6.18 Å². The van der Waals surface area contributed by atoms with Crippen LogP contribution in [0.25, 0.3) is 11.0 Å². The van der Waals surface area contributed by atoms with Gasteiger partial charge in [-0.3, -0.25) is 9.59 Å². The summed E-state index contributed by atoms with van der Waals surface area (Å²) < 4.78 is 40.0. The zero-order chi connectivity index (χ0) is 23.0. The van der Waals surface area contributed by atoms with Gasteiger partial charge in [-0.25, -0.2) is 9.97 Å². The lowest BCUT2D eigenvalue weighted by Crippen LogP contribution is -2.39. The predicted molar refractivity (Wildman–Crippen MR) is 114 cm³/mol. The maximum absolute atomic E-state index is 12.9. The molecule has 0 bridgehead atoms.